The summed E-state index contributed by atoms with van der Waals surface area (Å²) < 4.78 is 11.2. The molecule has 35 heavy (non-hydrogen) atoms. The van der Waals surface area contributed by atoms with Crippen molar-refractivity contribution in [1.29, 1.82) is 0 Å². The van der Waals surface area contributed by atoms with Crippen molar-refractivity contribution in [2.24, 2.45) is 0 Å². The monoisotopic (exact) mass is 480 g/mol. The molecule has 0 bridgehead atoms. The zero-order chi connectivity index (χ0) is 25.0. The largest absolute Gasteiger partial charge is 0.481 e. The first-order valence-corrected chi connectivity index (χ1v) is 12.1. The third kappa shape index (κ3) is 5.32. The lowest BCUT2D eigenvalue weighted by Crippen LogP contribution is -2.60. The molecule has 4 rings (SSSR count). The highest BCUT2D eigenvalue weighted by Gasteiger charge is 2.40. The van der Waals surface area contributed by atoms with Gasteiger partial charge in [0.2, 0.25) is 5.91 Å². The number of nitrogens with zero attached hydrogens (tertiary/aromatic N) is 1. The van der Waals surface area contributed by atoms with E-state index in [1.54, 1.807) is 11.8 Å². The molecule has 1 saturated heterocycles. The molecule has 0 spiro atoms. The Morgan fingerprint density at radius 2 is 1.74 bits per heavy atom. The molecule has 2 amide bonds. The first kappa shape index (κ1) is 24.7. The molecule has 0 radical (unpaired) electrons. The summed E-state index contributed by atoms with van der Waals surface area (Å²) in [5.74, 6) is -1.30. The van der Waals surface area contributed by atoms with Crippen molar-refractivity contribution in [1.82, 2.24) is 10.2 Å². The molecule has 186 valence electrons. The van der Waals surface area contributed by atoms with E-state index in [2.05, 4.69) is 29.6 Å². The second-order valence-corrected chi connectivity index (χ2v) is 9.37. The molecular formula is C27H32N2O6. The van der Waals surface area contributed by atoms with E-state index in [0.717, 1.165) is 22.3 Å². The summed E-state index contributed by atoms with van der Waals surface area (Å²) in [5.41, 5.74) is 3.36. The van der Waals surface area contributed by atoms with Gasteiger partial charge in [-0.3, -0.25) is 9.59 Å². The molecular weight excluding hydrogens is 448 g/mol. The van der Waals surface area contributed by atoms with Gasteiger partial charge in [0.1, 0.15) is 12.1 Å². The number of carboxylic acid groups (broad SMARTS) is 1. The Labute approximate surface area is 205 Å². The molecule has 1 heterocycles. The maximum Gasteiger partial charge on any atom is 0.408 e. The zero-order valence-corrected chi connectivity index (χ0v) is 20.2. The summed E-state index contributed by atoms with van der Waals surface area (Å²) in [4.78, 5) is 39.0. The Balaban J connectivity index is 1.43. The summed E-state index contributed by atoms with van der Waals surface area (Å²) >= 11 is 0. The van der Waals surface area contributed by atoms with Crippen molar-refractivity contribution in [3.05, 3.63) is 59.7 Å². The summed E-state index contributed by atoms with van der Waals surface area (Å²) in [6, 6.07) is 16.2. The predicted molar refractivity (Wildman–Crippen MR) is 130 cm³/mol. The molecule has 2 aliphatic rings. The number of carbonyl (C=O) groups is 3. The van der Waals surface area contributed by atoms with Gasteiger partial charge in [-0.1, -0.05) is 61.9 Å². The molecule has 1 fully saturated rings. The zero-order valence-electron chi connectivity index (χ0n) is 20.2. The van der Waals surface area contributed by atoms with Crippen molar-refractivity contribution in [2.75, 3.05) is 26.3 Å². The van der Waals surface area contributed by atoms with Crippen molar-refractivity contribution in [3.63, 3.8) is 0 Å². The first-order valence-electron chi connectivity index (χ1n) is 12.1. The minimum atomic E-state index is -1.16. The molecule has 2 atom stereocenters. The molecule has 8 nitrogen and oxygen atoms in total. The van der Waals surface area contributed by atoms with E-state index in [-0.39, 0.29) is 38.0 Å². The minimum absolute atomic E-state index is 0.0719. The van der Waals surface area contributed by atoms with Crippen LogP contribution in [0.2, 0.25) is 0 Å². The molecule has 2 unspecified atom stereocenters. The number of rotatable bonds is 8. The van der Waals surface area contributed by atoms with E-state index in [9.17, 15) is 14.4 Å². The van der Waals surface area contributed by atoms with E-state index in [4.69, 9.17) is 14.6 Å². The van der Waals surface area contributed by atoms with Crippen LogP contribution in [0.4, 0.5) is 4.79 Å². The van der Waals surface area contributed by atoms with Gasteiger partial charge < -0.3 is 24.8 Å². The fraction of sp³-hybridized carbons (Fsp3) is 0.444. The van der Waals surface area contributed by atoms with Gasteiger partial charge in [-0.25, -0.2) is 4.79 Å². The van der Waals surface area contributed by atoms with Gasteiger partial charge in [-0.15, -0.1) is 0 Å². The average molecular weight is 481 g/mol. The third-order valence-corrected chi connectivity index (χ3v) is 6.77. The minimum Gasteiger partial charge on any atom is -0.481 e. The summed E-state index contributed by atoms with van der Waals surface area (Å²) in [7, 11) is 0. The number of carbonyl (C=O) groups excluding carboxylic acids is 2. The molecule has 8 heteroatoms. The number of nitrogens with one attached hydrogen (secondary N) is 1. The lowest BCUT2D eigenvalue weighted by molar-refractivity contribution is -0.151. The fourth-order valence-electron chi connectivity index (χ4n) is 5.15. The van der Waals surface area contributed by atoms with Gasteiger partial charge in [0.05, 0.1) is 19.1 Å². The summed E-state index contributed by atoms with van der Waals surface area (Å²) in [6.45, 7) is 4.59. The van der Waals surface area contributed by atoms with Crippen molar-refractivity contribution >= 4 is 18.0 Å². The van der Waals surface area contributed by atoms with Crippen LogP contribution >= 0.6 is 0 Å². The maximum absolute atomic E-state index is 13.4. The molecule has 1 aliphatic carbocycles. The van der Waals surface area contributed by atoms with E-state index < -0.39 is 23.7 Å². The van der Waals surface area contributed by atoms with Crippen LogP contribution in [0.5, 0.6) is 0 Å². The van der Waals surface area contributed by atoms with Gasteiger partial charge in [0, 0.05) is 19.0 Å². The number of hydrogen-bond acceptors (Lipinski definition) is 5. The number of carboxylic acids is 1. The Morgan fingerprint density at radius 3 is 2.34 bits per heavy atom. The number of alkyl carbamates (subject to hydrolysis) is 1. The highest BCUT2D eigenvalue weighted by atomic mass is 16.5. The summed E-state index contributed by atoms with van der Waals surface area (Å²) in [6.07, 6.45) is -0.281. The van der Waals surface area contributed by atoms with Crippen LogP contribution in [0.25, 0.3) is 11.1 Å². The van der Waals surface area contributed by atoms with Crippen LogP contribution in [0.15, 0.2) is 48.5 Å². The number of hydrogen-bond donors (Lipinski definition) is 2. The number of ether oxygens (including phenoxy) is 2. The fourth-order valence-corrected chi connectivity index (χ4v) is 5.15. The van der Waals surface area contributed by atoms with Crippen LogP contribution in [0, 0.1) is 0 Å². The van der Waals surface area contributed by atoms with Gasteiger partial charge in [0.25, 0.3) is 0 Å². The van der Waals surface area contributed by atoms with Crippen LogP contribution in [-0.2, 0) is 19.1 Å². The van der Waals surface area contributed by atoms with E-state index >= 15 is 0 Å². The lowest BCUT2D eigenvalue weighted by atomic mass is 9.93. The van der Waals surface area contributed by atoms with Crippen molar-refractivity contribution < 1.29 is 29.0 Å². The number of benzene rings is 2. The topological polar surface area (TPSA) is 105 Å². The Hall–Kier alpha value is -3.39. The van der Waals surface area contributed by atoms with Gasteiger partial charge in [0.15, 0.2) is 0 Å². The quantitative estimate of drug-likeness (QED) is 0.596. The smallest absolute Gasteiger partial charge is 0.408 e. The molecule has 2 N–H and O–H groups in total. The average Bonchev–Trinajstić information content (AvgIpc) is 3.16. The van der Waals surface area contributed by atoms with Crippen LogP contribution < -0.4 is 5.32 Å². The number of amides is 2. The van der Waals surface area contributed by atoms with E-state index in [0.29, 0.717) is 19.4 Å². The molecule has 2 aromatic rings. The first-order chi connectivity index (χ1) is 16.8. The molecule has 2 aromatic carbocycles. The predicted octanol–water partition coefficient (Wildman–Crippen LogP) is 3.79. The normalized spacial score (nSPS) is 18.8. The standard InChI is InChI=1S/C27H32N2O6/c1-3-12-27(2,25(32)29-13-14-34-18(16-29)15-24(30)31)28-26(33)35-17-23-21-10-6-4-8-19(21)20-9-5-7-11-22(20)23/h4-11,18,23H,3,12-17H2,1-2H3,(H,28,33)(H,30,31). The highest BCUT2D eigenvalue weighted by Crippen LogP contribution is 2.44. The second-order valence-electron chi connectivity index (χ2n) is 9.37. The molecule has 1 aliphatic heterocycles. The maximum atomic E-state index is 13.4. The Bertz CT molecular complexity index is 1060. The van der Waals surface area contributed by atoms with Crippen LogP contribution in [0.3, 0.4) is 0 Å². The highest BCUT2D eigenvalue weighted by molar-refractivity contribution is 5.90. The number of aliphatic carboxylic acids is 1. The number of fused-ring (bicyclic) bond motifs is 3. The van der Waals surface area contributed by atoms with Crippen molar-refractivity contribution in [2.45, 2.75) is 50.7 Å². The SMILES string of the molecule is CCCC(C)(NC(=O)OCC1c2ccccc2-c2ccccc21)C(=O)N1CCOC(CC(=O)O)C1. The number of morpholine rings is 1. The van der Waals surface area contributed by atoms with E-state index in [1.807, 2.05) is 31.2 Å². The van der Waals surface area contributed by atoms with Gasteiger partial charge in [-0.2, -0.15) is 0 Å². The van der Waals surface area contributed by atoms with Crippen molar-refractivity contribution in [3.8, 4) is 11.1 Å². The van der Waals surface area contributed by atoms with Gasteiger partial charge in [-0.05, 0) is 35.6 Å². The molecule has 0 saturated carbocycles. The Kier molecular flexibility index (Phi) is 7.40. The Morgan fingerprint density at radius 1 is 1.11 bits per heavy atom. The second kappa shape index (κ2) is 10.5. The van der Waals surface area contributed by atoms with Crippen LogP contribution in [0.1, 0.15) is 50.2 Å². The van der Waals surface area contributed by atoms with E-state index in [1.165, 1.54) is 0 Å². The van der Waals surface area contributed by atoms with Crippen LogP contribution in [-0.4, -0.2) is 65.9 Å². The van der Waals surface area contributed by atoms with Gasteiger partial charge >= 0.3 is 12.1 Å². The lowest BCUT2D eigenvalue weighted by Gasteiger charge is -2.39. The molecule has 0 aromatic heterocycles. The summed E-state index contributed by atoms with van der Waals surface area (Å²) in [5, 5.41) is 11.9. The third-order valence-electron chi connectivity index (χ3n) is 6.77.